The molecule has 0 aromatic heterocycles. The lowest BCUT2D eigenvalue weighted by Gasteiger charge is -2.14. The van der Waals surface area contributed by atoms with Gasteiger partial charge in [0, 0.05) is 5.57 Å². The van der Waals surface area contributed by atoms with Gasteiger partial charge in [0.2, 0.25) is 0 Å². The van der Waals surface area contributed by atoms with Crippen LogP contribution in [0.3, 0.4) is 0 Å². The number of hydrogen-bond acceptors (Lipinski definition) is 2. The monoisotopic (exact) mass is 150 g/mol. The van der Waals surface area contributed by atoms with E-state index in [1.807, 2.05) is 6.08 Å². The molecule has 1 heterocycles. The van der Waals surface area contributed by atoms with Crippen LogP contribution >= 0.6 is 0 Å². The number of rotatable bonds is 2. The molecule has 3 heteroatoms. The molecule has 0 aliphatic carbocycles. The van der Waals surface area contributed by atoms with E-state index < -0.39 is 6.10 Å². The molecule has 58 valence electrons. The molecular formula is C8H10N2O. The van der Waals surface area contributed by atoms with Crippen molar-refractivity contribution in [1.82, 2.24) is 0 Å². The van der Waals surface area contributed by atoms with E-state index in [1.165, 1.54) is 0 Å². The summed E-state index contributed by atoms with van der Waals surface area (Å²) >= 11 is 0. The van der Waals surface area contributed by atoms with E-state index in [-0.39, 0.29) is 5.84 Å². The van der Waals surface area contributed by atoms with Gasteiger partial charge in [-0.1, -0.05) is 18.7 Å². The maximum absolute atomic E-state index is 7.06. The molecule has 3 nitrogen and oxygen atoms in total. The molecule has 0 aromatic carbocycles. The minimum absolute atomic E-state index is 0.0145. The molecule has 11 heavy (non-hydrogen) atoms. The van der Waals surface area contributed by atoms with Crippen molar-refractivity contribution in [2.75, 3.05) is 0 Å². The third-order valence-electron chi connectivity index (χ3n) is 1.36. The summed E-state index contributed by atoms with van der Waals surface area (Å²) in [6.07, 6.45) is 6.35. The lowest BCUT2D eigenvalue weighted by Crippen LogP contribution is -2.28. The second-order valence-corrected chi connectivity index (χ2v) is 2.19. The topological polar surface area (TPSA) is 59.1 Å². The maximum Gasteiger partial charge on any atom is 0.172 e. The van der Waals surface area contributed by atoms with Crippen molar-refractivity contribution in [2.45, 2.75) is 6.10 Å². The Bertz CT molecular complexity index is 240. The second-order valence-electron chi connectivity index (χ2n) is 2.19. The van der Waals surface area contributed by atoms with Gasteiger partial charge in [0.15, 0.2) is 6.10 Å². The molecule has 1 unspecified atom stereocenters. The summed E-state index contributed by atoms with van der Waals surface area (Å²) in [4.78, 5) is 0. The van der Waals surface area contributed by atoms with Crippen LogP contribution < -0.4 is 5.73 Å². The molecule has 1 aliphatic rings. The summed E-state index contributed by atoms with van der Waals surface area (Å²) < 4.78 is 5.07. The normalized spacial score (nSPS) is 21.8. The Morgan fingerprint density at radius 3 is 2.91 bits per heavy atom. The third-order valence-corrected chi connectivity index (χ3v) is 1.36. The average Bonchev–Trinajstić information content (AvgIpc) is 2.05. The SMILES string of the molecule is C=CC1=COC(C(=N)N)C=C1. The van der Waals surface area contributed by atoms with Gasteiger partial charge in [-0.2, -0.15) is 0 Å². The van der Waals surface area contributed by atoms with Crippen molar-refractivity contribution >= 4 is 5.84 Å². The molecule has 0 bridgehead atoms. The molecule has 1 atom stereocenters. The van der Waals surface area contributed by atoms with Gasteiger partial charge in [-0.15, -0.1) is 0 Å². The minimum atomic E-state index is -0.404. The Labute approximate surface area is 65.4 Å². The highest BCUT2D eigenvalue weighted by molar-refractivity contribution is 5.84. The summed E-state index contributed by atoms with van der Waals surface area (Å²) in [5.74, 6) is 0.0145. The van der Waals surface area contributed by atoms with Crippen LogP contribution in [0.4, 0.5) is 0 Å². The molecule has 0 radical (unpaired) electrons. The van der Waals surface area contributed by atoms with Gasteiger partial charge >= 0.3 is 0 Å². The number of amidine groups is 1. The van der Waals surface area contributed by atoms with Gasteiger partial charge in [-0.05, 0) is 6.08 Å². The van der Waals surface area contributed by atoms with Crippen LogP contribution in [0.25, 0.3) is 0 Å². The van der Waals surface area contributed by atoms with E-state index in [0.29, 0.717) is 0 Å². The van der Waals surface area contributed by atoms with E-state index in [1.54, 1.807) is 18.4 Å². The van der Waals surface area contributed by atoms with Gasteiger partial charge in [0.1, 0.15) is 5.84 Å². The van der Waals surface area contributed by atoms with E-state index in [4.69, 9.17) is 15.9 Å². The van der Waals surface area contributed by atoms with Crippen molar-refractivity contribution in [3.05, 3.63) is 36.6 Å². The zero-order valence-corrected chi connectivity index (χ0v) is 6.08. The quantitative estimate of drug-likeness (QED) is 0.454. The fourth-order valence-corrected chi connectivity index (χ4v) is 0.728. The van der Waals surface area contributed by atoms with E-state index in [9.17, 15) is 0 Å². The summed E-state index contributed by atoms with van der Waals surface area (Å²) in [5, 5.41) is 7.06. The van der Waals surface area contributed by atoms with Crippen LogP contribution in [0.1, 0.15) is 0 Å². The van der Waals surface area contributed by atoms with Crippen LogP contribution in [0.15, 0.2) is 36.6 Å². The Hall–Kier alpha value is -1.51. The molecule has 0 spiro atoms. The standard InChI is InChI=1S/C8H10N2O/c1-2-6-3-4-7(8(9)10)11-5-6/h2-5,7H,1H2,(H3,9,10). The summed E-state index contributed by atoms with van der Waals surface area (Å²) in [6.45, 7) is 3.57. The molecule has 0 fully saturated rings. The summed E-state index contributed by atoms with van der Waals surface area (Å²) in [7, 11) is 0. The van der Waals surface area contributed by atoms with Crippen LogP contribution in [0.2, 0.25) is 0 Å². The molecule has 3 N–H and O–H groups in total. The van der Waals surface area contributed by atoms with Gasteiger partial charge in [-0.3, -0.25) is 5.41 Å². The lowest BCUT2D eigenvalue weighted by atomic mass is 10.2. The molecule has 0 aromatic rings. The fourth-order valence-electron chi connectivity index (χ4n) is 0.728. The van der Waals surface area contributed by atoms with E-state index in [2.05, 4.69) is 6.58 Å². The molecule has 1 aliphatic heterocycles. The van der Waals surface area contributed by atoms with Gasteiger partial charge < -0.3 is 10.5 Å². The Balaban J connectivity index is 2.64. The van der Waals surface area contributed by atoms with E-state index in [0.717, 1.165) is 5.57 Å². The third kappa shape index (κ3) is 1.70. The number of ether oxygens (including phenoxy) is 1. The van der Waals surface area contributed by atoms with Crippen molar-refractivity contribution in [2.24, 2.45) is 5.73 Å². The Morgan fingerprint density at radius 2 is 2.55 bits per heavy atom. The number of hydrogen-bond donors (Lipinski definition) is 2. The summed E-state index contributed by atoms with van der Waals surface area (Å²) in [5.41, 5.74) is 6.10. The first-order chi connectivity index (χ1) is 5.24. The van der Waals surface area contributed by atoms with Gasteiger partial charge in [0.05, 0.1) is 6.26 Å². The minimum Gasteiger partial charge on any atom is -0.485 e. The molecule has 1 rings (SSSR count). The predicted molar refractivity (Wildman–Crippen MR) is 44.2 cm³/mol. The van der Waals surface area contributed by atoms with Crippen molar-refractivity contribution < 1.29 is 4.74 Å². The zero-order chi connectivity index (χ0) is 8.27. The highest BCUT2D eigenvalue weighted by atomic mass is 16.5. The van der Waals surface area contributed by atoms with Crippen LogP contribution in [-0.4, -0.2) is 11.9 Å². The largest absolute Gasteiger partial charge is 0.485 e. The predicted octanol–water partition coefficient (Wildman–Crippen LogP) is 0.947. The zero-order valence-electron chi connectivity index (χ0n) is 6.08. The van der Waals surface area contributed by atoms with Gasteiger partial charge in [-0.25, -0.2) is 0 Å². The van der Waals surface area contributed by atoms with Crippen LogP contribution in [0.5, 0.6) is 0 Å². The first-order valence-corrected chi connectivity index (χ1v) is 3.24. The molecule has 0 amide bonds. The smallest absolute Gasteiger partial charge is 0.172 e. The number of allylic oxidation sites excluding steroid dienone is 3. The fraction of sp³-hybridized carbons (Fsp3) is 0.125. The Kier molecular flexibility index (Phi) is 2.11. The number of nitrogens with two attached hydrogens (primary N) is 1. The first kappa shape index (κ1) is 7.60. The molecule has 0 saturated heterocycles. The highest BCUT2D eigenvalue weighted by Gasteiger charge is 2.10. The molecule has 0 saturated carbocycles. The Morgan fingerprint density at radius 1 is 1.82 bits per heavy atom. The summed E-state index contributed by atoms with van der Waals surface area (Å²) in [6, 6.07) is 0. The number of nitrogens with one attached hydrogen (secondary N) is 1. The van der Waals surface area contributed by atoms with Crippen molar-refractivity contribution in [3.63, 3.8) is 0 Å². The highest BCUT2D eigenvalue weighted by Crippen LogP contribution is 2.09. The lowest BCUT2D eigenvalue weighted by molar-refractivity contribution is 0.235. The first-order valence-electron chi connectivity index (χ1n) is 3.24. The molecular weight excluding hydrogens is 140 g/mol. The van der Waals surface area contributed by atoms with E-state index >= 15 is 0 Å². The second kappa shape index (κ2) is 3.05. The van der Waals surface area contributed by atoms with Crippen LogP contribution in [-0.2, 0) is 4.74 Å². The van der Waals surface area contributed by atoms with Crippen LogP contribution in [0, 0.1) is 5.41 Å². The average molecular weight is 150 g/mol. The van der Waals surface area contributed by atoms with Crippen molar-refractivity contribution in [3.8, 4) is 0 Å². The van der Waals surface area contributed by atoms with Gasteiger partial charge in [0.25, 0.3) is 0 Å². The van der Waals surface area contributed by atoms with Crippen molar-refractivity contribution in [1.29, 1.82) is 5.41 Å². The maximum atomic E-state index is 7.06.